The van der Waals surface area contributed by atoms with E-state index < -0.39 is 0 Å². The number of hydrogen-bond donors (Lipinski definition) is 1. The van der Waals surface area contributed by atoms with Crippen molar-refractivity contribution in [3.8, 4) is 0 Å². The molecule has 1 N–H and O–H groups in total. The van der Waals surface area contributed by atoms with Gasteiger partial charge in [0.25, 0.3) is 0 Å². The van der Waals surface area contributed by atoms with Gasteiger partial charge in [-0.25, -0.2) is 0 Å². The predicted molar refractivity (Wildman–Crippen MR) is 89.7 cm³/mol. The zero-order valence-electron chi connectivity index (χ0n) is 12.9. The van der Waals surface area contributed by atoms with E-state index in [1.54, 1.807) is 0 Å². The minimum Gasteiger partial charge on any atom is -0.353 e. The zero-order chi connectivity index (χ0) is 15.2. The Morgan fingerprint density at radius 3 is 1.91 bits per heavy atom. The zero-order valence-corrected chi connectivity index (χ0v) is 12.9. The van der Waals surface area contributed by atoms with Gasteiger partial charge in [-0.05, 0) is 24.0 Å². The van der Waals surface area contributed by atoms with E-state index in [9.17, 15) is 4.79 Å². The smallest absolute Gasteiger partial charge is 0.221 e. The van der Waals surface area contributed by atoms with E-state index in [0.717, 1.165) is 12.8 Å². The molecule has 1 aliphatic carbocycles. The molecule has 0 atom stereocenters. The molecule has 1 fully saturated rings. The molecule has 2 heteroatoms. The number of benzene rings is 2. The number of amides is 1. The molecule has 0 unspecified atom stereocenters. The molecular weight excluding hydrogens is 270 g/mol. The second-order valence-corrected chi connectivity index (χ2v) is 6.13. The Hall–Kier alpha value is -2.09. The topological polar surface area (TPSA) is 29.1 Å². The van der Waals surface area contributed by atoms with Gasteiger partial charge in [-0.1, -0.05) is 73.5 Å². The van der Waals surface area contributed by atoms with Crippen molar-refractivity contribution >= 4 is 5.91 Å². The standard InChI is InChI=1S/C20H23NO/c22-20(21-18-13-7-8-14-18)15-19(16-9-3-1-4-10-16)17-11-5-2-6-12-17/h1-6,9-12,18-19H,7-8,13-15H2,(H,21,22). The van der Waals surface area contributed by atoms with Crippen molar-refractivity contribution in [2.45, 2.75) is 44.1 Å². The first-order valence-corrected chi connectivity index (χ1v) is 8.22. The number of rotatable bonds is 5. The summed E-state index contributed by atoms with van der Waals surface area (Å²) in [6.45, 7) is 0. The second kappa shape index (κ2) is 7.26. The fraction of sp³-hybridized carbons (Fsp3) is 0.350. The largest absolute Gasteiger partial charge is 0.353 e. The lowest BCUT2D eigenvalue weighted by Crippen LogP contribution is -2.33. The van der Waals surface area contributed by atoms with Gasteiger partial charge in [-0.3, -0.25) is 4.79 Å². The maximum Gasteiger partial charge on any atom is 0.221 e. The molecule has 0 aromatic heterocycles. The van der Waals surface area contributed by atoms with E-state index in [-0.39, 0.29) is 11.8 Å². The molecule has 2 nitrogen and oxygen atoms in total. The van der Waals surface area contributed by atoms with Crippen molar-refractivity contribution in [3.63, 3.8) is 0 Å². The van der Waals surface area contributed by atoms with Crippen LogP contribution in [-0.4, -0.2) is 11.9 Å². The highest BCUT2D eigenvalue weighted by molar-refractivity contribution is 5.78. The van der Waals surface area contributed by atoms with Crippen molar-refractivity contribution in [2.75, 3.05) is 0 Å². The molecule has 3 rings (SSSR count). The Morgan fingerprint density at radius 2 is 1.41 bits per heavy atom. The Balaban J connectivity index is 1.75. The van der Waals surface area contributed by atoms with Crippen LogP contribution < -0.4 is 5.32 Å². The molecule has 114 valence electrons. The van der Waals surface area contributed by atoms with E-state index in [0.29, 0.717) is 12.5 Å². The van der Waals surface area contributed by atoms with Crippen molar-refractivity contribution in [1.82, 2.24) is 5.32 Å². The van der Waals surface area contributed by atoms with Gasteiger partial charge in [-0.2, -0.15) is 0 Å². The van der Waals surface area contributed by atoms with Gasteiger partial charge < -0.3 is 5.32 Å². The summed E-state index contributed by atoms with van der Waals surface area (Å²) in [7, 11) is 0. The summed E-state index contributed by atoms with van der Waals surface area (Å²) >= 11 is 0. The third kappa shape index (κ3) is 3.76. The third-order valence-corrected chi connectivity index (χ3v) is 4.51. The molecule has 0 heterocycles. The maximum absolute atomic E-state index is 12.4. The Kier molecular flexibility index (Phi) is 4.89. The highest BCUT2D eigenvalue weighted by Crippen LogP contribution is 2.28. The number of carbonyl (C=O) groups is 1. The van der Waals surface area contributed by atoms with Gasteiger partial charge in [0.15, 0.2) is 0 Å². The molecule has 1 aliphatic rings. The van der Waals surface area contributed by atoms with Crippen LogP contribution in [0.5, 0.6) is 0 Å². The highest BCUT2D eigenvalue weighted by atomic mass is 16.1. The van der Waals surface area contributed by atoms with Crippen LogP contribution in [0.1, 0.15) is 49.1 Å². The Labute approximate surface area is 132 Å². The molecule has 2 aromatic rings. The summed E-state index contributed by atoms with van der Waals surface area (Å²) in [4.78, 5) is 12.4. The number of nitrogens with one attached hydrogen (secondary N) is 1. The molecule has 1 saturated carbocycles. The van der Waals surface area contributed by atoms with E-state index in [2.05, 4.69) is 29.6 Å². The molecule has 0 bridgehead atoms. The average Bonchev–Trinajstić information content (AvgIpc) is 3.07. The molecular formula is C20H23NO. The van der Waals surface area contributed by atoms with Crippen molar-refractivity contribution in [1.29, 1.82) is 0 Å². The van der Waals surface area contributed by atoms with Crippen LogP contribution >= 0.6 is 0 Å². The number of hydrogen-bond acceptors (Lipinski definition) is 1. The predicted octanol–water partition coefficient (Wildman–Crippen LogP) is 4.27. The first-order chi connectivity index (χ1) is 10.8. The quantitative estimate of drug-likeness (QED) is 0.876. The van der Waals surface area contributed by atoms with Crippen molar-refractivity contribution in [2.24, 2.45) is 0 Å². The van der Waals surface area contributed by atoms with Crippen LogP contribution in [0.25, 0.3) is 0 Å². The van der Waals surface area contributed by atoms with Crippen LogP contribution in [-0.2, 0) is 4.79 Å². The summed E-state index contributed by atoms with van der Waals surface area (Å²) < 4.78 is 0. The minimum atomic E-state index is 0.129. The Morgan fingerprint density at radius 1 is 0.909 bits per heavy atom. The second-order valence-electron chi connectivity index (χ2n) is 6.13. The van der Waals surface area contributed by atoms with Gasteiger partial charge in [0.1, 0.15) is 0 Å². The van der Waals surface area contributed by atoms with Crippen molar-refractivity contribution < 1.29 is 4.79 Å². The fourth-order valence-electron chi connectivity index (χ4n) is 3.34. The van der Waals surface area contributed by atoms with Crippen LogP contribution in [0, 0.1) is 0 Å². The molecule has 22 heavy (non-hydrogen) atoms. The molecule has 0 spiro atoms. The van der Waals surface area contributed by atoms with Crippen LogP contribution in [0.2, 0.25) is 0 Å². The lowest BCUT2D eigenvalue weighted by Gasteiger charge is -2.19. The van der Waals surface area contributed by atoms with Gasteiger partial charge in [0, 0.05) is 18.4 Å². The SMILES string of the molecule is O=C(CC(c1ccccc1)c1ccccc1)NC1CCCC1. The van der Waals surface area contributed by atoms with Crippen molar-refractivity contribution in [3.05, 3.63) is 71.8 Å². The molecule has 0 radical (unpaired) electrons. The van der Waals surface area contributed by atoms with E-state index >= 15 is 0 Å². The lowest BCUT2D eigenvalue weighted by atomic mass is 9.88. The van der Waals surface area contributed by atoms with Gasteiger partial charge in [0.05, 0.1) is 0 Å². The third-order valence-electron chi connectivity index (χ3n) is 4.51. The molecule has 2 aromatic carbocycles. The molecule has 0 saturated heterocycles. The van der Waals surface area contributed by atoms with E-state index in [4.69, 9.17) is 0 Å². The highest BCUT2D eigenvalue weighted by Gasteiger charge is 2.21. The summed E-state index contributed by atoms with van der Waals surface area (Å²) in [5.41, 5.74) is 2.41. The van der Waals surface area contributed by atoms with E-state index in [1.165, 1.54) is 24.0 Å². The normalized spacial score (nSPS) is 15.1. The summed E-state index contributed by atoms with van der Waals surface area (Å²) in [6.07, 6.45) is 5.27. The maximum atomic E-state index is 12.4. The molecule has 0 aliphatic heterocycles. The summed E-state index contributed by atoms with van der Waals surface area (Å²) in [5.74, 6) is 0.299. The van der Waals surface area contributed by atoms with E-state index in [1.807, 2.05) is 36.4 Å². The average molecular weight is 293 g/mol. The monoisotopic (exact) mass is 293 g/mol. The summed E-state index contributed by atoms with van der Waals surface area (Å²) in [5, 5.41) is 3.21. The van der Waals surface area contributed by atoms with Crippen LogP contribution in [0.3, 0.4) is 0 Å². The molecule has 1 amide bonds. The van der Waals surface area contributed by atoms with Crippen LogP contribution in [0.15, 0.2) is 60.7 Å². The Bertz CT molecular complexity index is 548. The first-order valence-electron chi connectivity index (χ1n) is 8.22. The fourth-order valence-corrected chi connectivity index (χ4v) is 3.34. The van der Waals surface area contributed by atoms with Crippen LogP contribution in [0.4, 0.5) is 0 Å². The minimum absolute atomic E-state index is 0.129. The summed E-state index contributed by atoms with van der Waals surface area (Å²) in [6, 6.07) is 21.0. The van der Waals surface area contributed by atoms with Gasteiger partial charge >= 0.3 is 0 Å². The lowest BCUT2D eigenvalue weighted by molar-refractivity contribution is -0.122. The van der Waals surface area contributed by atoms with Gasteiger partial charge in [-0.15, -0.1) is 0 Å². The first kappa shape index (κ1) is 14.8. The van der Waals surface area contributed by atoms with Gasteiger partial charge in [0.2, 0.25) is 5.91 Å². The number of carbonyl (C=O) groups excluding carboxylic acids is 1.